The molecule has 2 aliphatic rings. The molecule has 2 aliphatic carbocycles. The Morgan fingerprint density at radius 3 is 2.18 bits per heavy atom. The summed E-state index contributed by atoms with van der Waals surface area (Å²) in [5, 5.41) is 8.84. The van der Waals surface area contributed by atoms with E-state index in [0.717, 1.165) is 12.5 Å². The van der Waals surface area contributed by atoms with Crippen LogP contribution in [0.15, 0.2) is 0 Å². The van der Waals surface area contributed by atoms with Crippen LogP contribution < -0.4 is 5.73 Å². The van der Waals surface area contributed by atoms with Crippen LogP contribution in [-0.2, 0) is 0 Å². The summed E-state index contributed by atoms with van der Waals surface area (Å²) >= 11 is 0. The van der Waals surface area contributed by atoms with E-state index in [9.17, 15) is 0 Å². The second kappa shape index (κ2) is 2.46. The molecule has 0 atom stereocenters. The van der Waals surface area contributed by atoms with Crippen molar-refractivity contribution in [2.24, 2.45) is 23.0 Å². The van der Waals surface area contributed by atoms with Crippen molar-refractivity contribution in [2.45, 2.75) is 25.7 Å². The summed E-state index contributed by atoms with van der Waals surface area (Å²) < 4.78 is 0. The summed E-state index contributed by atoms with van der Waals surface area (Å²) in [6, 6.07) is 0. The van der Waals surface area contributed by atoms with Crippen molar-refractivity contribution < 1.29 is 5.11 Å². The Balaban J connectivity index is 1.75. The summed E-state index contributed by atoms with van der Waals surface area (Å²) in [6.07, 6.45) is 5.19. The SMILES string of the molecule is NCC1CC2(C1)CC(CO)C2. The second-order valence-corrected chi connectivity index (χ2v) is 4.47. The van der Waals surface area contributed by atoms with Crippen molar-refractivity contribution in [1.82, 2.24) is 0 Å². The highest BCUT2D eigenvalue weighted by atomic mass is 16.3. The predicted molar refractivity (Wildman–Crippen MR) is 44.0 cm³/mol. The second-order valence-electron chi connectivity index (χ2n) is 4.47. The molecule has 0 aromatic heterocycles. The first-order chi connectivity index (χ1) is 5.28. The lowest BCUT2D eigenvalue weighted by Crippen LogP contribution is -2.50. The Morgan fingerprint density at radius 2 is 1.73 bits per heavy atom. The maximum Gasteiger partial charge on any atom is 0.0459 e. The molecular formula is C9H17NO. The highest BCUT2D eigenvalue weighted by Gasteiger charge is 2.51. The molecule has 0 bridgehead atoms. The zero-order chi connectivity index (χ0) is 7.90. The number of hydrogen-bond acceptors (Lipinski definition) is 2. The van der Waals surface area contributed by atoms with Crippen LogP contribution in [0.1, 0.15) is 25.7 Å². The molecule has 0 saturated heterocycles. The van der Waals surface area contributed by atoms with Gasteiger partial charge in [0, 0.05) is 6.61 Å². The van der Waals surface area contributed by atoms with Crippen molar-refractivity contribution in [3.8, 4) is 0 Å². The molecule has 3 N–H and O–H groups in total. The van der Waals surface area contributed by atoms with Crippen LogP contribution in [0.3, 0.4) is 0 Å². The van der Waals surface area contributed by atoms with Gasteiger partial charge in [0.1, 0.15) is 0 Å². The molecule has 0 heterocycles. The molecule has 0 unspecified atom stereocenters. The van der Waals surface area contributed by atoms with Gasteiger partial charge in [0.2, 0.25) is 0 Å². The molecule has 1 spiro atoms. The number of hydrogen-bond donors (Lipinski definition) is 2. The summed E-state index contributed by atoms with van der Waals surface area (Å²) in [6.45, 7) is 1.26. The van der Waals surface area contributed by atoms with E-state index >= 15 is 0 Å². The van der Waals surface area contributed by atoms with Gasteiger partial charge in [0.25, 0.3) is 0 Å². The van der Waals surface area contributed by atoms with Crippen LogP contribution in [-0.4, -0.2) is 18.3 Å². The Kier molecular flexibility index (Phi) is 1.69. The van der Waals surface area contributed by atoms with Crippen molar-refractivity contribution in [2.75, 3.05) is 13.2 Å². The van der Waals surface area contributed by atoms with E-state index in [1.807, 2.05) is 0 Å². The van der Waals surface area contributed by atoms with Crippen molar-refractivity contribution in [3.05, 3.63) is 0 Å². The maximum atomic E-state index is 8.84. The van der Waals surface area contributed by atoms with E-state index in [1.165, 1.54) is 25.7 Å². The van der Waals surface area contributed by atoms with Crippen molar-refractivity contribution >= 4 is 0 Å². The molecular weight excluding hydrogens is 138 g/mol. The normalized spacial score (nSPS) is 48.5. The first-order valence-electron chi connectivity index (χ1n) is 4.59. The van der Waals surface area contributed by atoms with Gasteiger partial charge in [-0.1, -0.05) is 0 Å². The fourth-order valence-electron chi connectivity index (χ4n) is 2.96. The van der Waals surface area contributed by atoms with Crippen LogP contribution >= 0.6 is 0 Å². The summed E-state index contributed by atoms with van der Waals surface area (Å²) in [7, 11) is 0. The molecule has 11 heavy (non-hydrogen) atoms. The quantitative estimate of drug-likeness (QED) is 0.618. The smallest absolute Gasteiger partial charge is 0.0459 e. The third kappa shape index (κ3) is 1.09. The van der Waals surface area contributed by atoms with Crippen LogP contribution in [0.5, 0.6) is 0 Å². The van der Waals surface area contributed by atoms with Gasteiger partial charge in [-0.3, -0.25) is 0 Å². The van der Waals surface area contributed by atoms with E-state index in [-0.39, 0.29) is 0 Å². The first-order valence-corrected chi connectivity index (χ1v) is 4.59. The van der Waals surface area contributed by atoms with Crippen LogP contribution in [0.25, 0.3) is 0 Å². The van der Waals surface area contributed by atoms with Gasteiger partial charge < -0.3 is 10.8 Å². The minimum absolute atomic E-state index is 0.398. The third-order valence-electron chi connectivity index (χ3n) is 3.48. The fraction of sp³-hybridized carbons (Fsp3) is 1.00. The average Bonchev–Trinajstić information content (AvgIpc) is 1.83. The van der Waals surface area contributed by atoms with Crippen molar-refractivity contribution in [1.29, 1.82) is 0 Å². The van der Waals surface area contributed by atoms with Crippen LogP contribution in [0.4, 0.5) is 0 Å². The van der Waals surface area contributed by atoms with Gasteiger partial charge in [-0.25, -0.2) is 0 Å². The average molecular weight is 155 g/mol. The van der Waals surface area contributed by atoms with E-state index < -0.39 is 0 Å². The lowest BCUT2D eigenvalue weighted by Gasteiger charge is -2.57. The fourth-order valence-corrected chi connectivity index (χ4v) is 2.96. The molecule has 0 aromatic rings. The Labute approximate surface area is 67.8 Å². The number of aliphatic hydroxyl groups is 1. The highest BCUT2D eigenvalue weighted by Crippen LogP contribution is 2.60. The van der Waals surface area contributed by atoms with E-state index in [2.05, 4.69) is 0 Å². The maximum absolute atomic E-state index is 8.84. The van der Waals surface area contributed by atoms with Gasteiger partial charge in [0.05, 0.1) is 0 Å². The predicted octanol–water partition coefficient (Wildman–Crippen LogP) is 0.744. The highest BCUT2D eigenvalue weighted by molar-refractivity contribution is 5.02. The minimum atomic E-state index is 0.398. The van der Waals surface area contributed by atoms with E-state index in [4.69, 9.17) is 10.8 Å². The molecule has 2 nitrogen and oxygen atoms in total. The Hall–Kier alpha value is -0.0800. The molecule has 2 rings (SSSR count). The molecule has 0 aliphatic heterocycles. The third-order valence-corrected chi connectivity index (χ3v) is 3.48. The standard InChI is InChI=1S/C9H17NO/c10-5-7-1-9(2-7)3-8(4-9)6-11/h7-8,11H,1-6,10H2. The van der Waals surface area contributed by atoms with E-state index in [1.54, 1.807) is 0 Å². The topological polar surface area (TPSA) is 46.2 Å². The zero-order valence-corrected chi connectivity index (χ0v) is 6.92. The first kappa shape index (κ1) is 7.56. The minimum Gasteiger partial charge on any atom is -0.396 e. The molecule has 2 saturated carbocycles. The van der Waals surface area contributed by atoms with Crippen LogP contribution in [0, 0.1) is 17.3 Å². The van der Waals surface area contributed by atoms with E-state index in [0.29, 0.717) is 17.9 Å². The van der Waals surface area contributed by atoms with Gasteiger partial charge in [-0.05, 0) is 49.5 Å². The van der Waals surface area contributed by atoms with Gasteiger partial charge >= 0.3 is 0 Å². The van der Waals surface area contributed by atoms with Gasteiger partial charge in [-0.2, -0.15) is 0 Å². The van der Waals surface area contributed by atoms with Crippen LogP contribution in [0.2, 0.25) is 0 Å². The zero-order valence-electron chi connectivity index (χ0n) is 6.92. The molecule has 0 radical (unpaired) electrons. The number of nitrogens with two attached hydrogens (primary N) is 1. The molecule has 0 aromatic carbocycles. The van der Waals surface area contributed by atoms with Gasteiger partial charge in [0.15, 0.2) is 0 Å². The Bertz CT molecular complexity index is 124. The summed E-state index contributed by atoms with van der Waals surface area (Å²) in [4.78, 5) is 0. The molecule has 2 fully saturated rings. The monoisotopic (exact) mass is 155 g/mol. The van der Waals surface area contributed by atoms with Crippen molar-refractivity contribution in [3.63, 3.8) is 0 Å². The lowest BCUT2D eigenvalue weighted by atomic mass is 9.48. The number of aliphatic hydroxyl groups excluding tert-OH is 1. The largest absolute Gasteiger partial charge is 0.396 e. The Morgan fingerprint density at radius 1 is 1.18 bits per heavy atom. The number of rotatable bonds is 2. The molecule has 2 heteroatoms. The molecule has 64 valence electrons. The van der Waals surface area contributed by atoms with Gasteiger partial charge in [-0.15, -0.1) is 0 Å². The lowest BCUT2D eigenvalue weighted by molar-refractivity contribution is -0.0800. The summed E-state index contributed by atoms with van der Waals surface area (Å²) in [5.74, 6) is 1.42. The molecule has 0 amide bonds. The summed E-state index contributed by atoms with van der Waals surface area (Å²) in [5.41, 5.74) is 6.20.